The molecular weight excluding hydrogens is 384 g/mol. The third-order valence-electron chi connectivity index (χ3n) is 3.81. The molecule has 1 amide bonds. The van der Waals surface area contributed by atoms with Crippen molar-refractivity contribution in [2.24, 2.45) is 5.10 Å². The van der Waals surface area contributed by atoms with E-state index in [2.05, 4.69) is 49.2 Å². The highest BCUT2D eigenvalue weighted by Gasteiger charge is 2.06. The molecule has 0 fully saturated rings. The van der Waals surface area contributed by atoms with Crippen LogP contribution in [0, 0.1) is 13.8 Å². The van der Waals surface area contributed by atoms with E-state index in [0.29, 0.717) is 30.5 Å². The second-order valence-electron chi connectivity index (χ2n) is 6.52. The van der Waals surface area contributed by atoms with E-state index in [4.69, 9.17) is 9.47 Å². The van der Waals surface area contributed by atoms with Crippen LogP contribution in [-0.2, 0) is 10.5 Å². The number of hydrazone groups is 1. The molecule has 0 radical (unpaired) electrons. The van der Waals surface area contributed by atoms with Crippen LogP contribution in [0.5, 0.6) is 11.5 Å². The summed E-state index contributed by atoms with van der Waals surface area (Å²) in [5.74, 6) is 2.29. The number of amides is 1. The summed E-state index contributed by atoms with van der Waals surface area (Å²) < 4.78 is 11.2. The molecule has 0 aliphatic heterocycles. The Kier molecular flexibility index (Phi) is 9.31. The Morgan fingerprint density at radius 3 is 2.59 bits per heavy atom. The summed E-state index contributed by atoms with van der Waals surface area (Å²) in [6.07, 6.45) is 3.27. The first-order valence-corrected chi connectivity index (χ1v) is 10.6. The first-order chi connectivity index (χ1) is 14.0. The first kappa shape index (κ1) is 22.6. The maximum Gasteiger partial charge on any atom is 0.250 e. The Bertz CT molecular complexity index is 845. The molecule has 0 saturated heterocycles. The number of hydrogen-bond acceptors (Lipinski definition) is 5. The van der Waals surface area contributed by atoms with E-state index in [9.17, 15) is 4.79 Å². The van der Waals surface area contributed by atoms with Crippen LogP contribution in [0.2, 0.25) is 0 Å². The quantitative estimate of drug-likeness (QED) is 0.332. The Morgan fingerprint density at radius 2 is 1.90 bits per heavy atom. The minimum atomic E-state index is -0.133. The zero-order chi connectivity index (χ0) is 21.1. The summed E-state index contributed by atoms with van der Waals surface area (Å²) in [5, 5.41) is 4.04. The lowest BCUT2D eigenvalue weighted by Gasteiger charge is -2.11. The van der Waals surface area contributed by atoms with E-state index < -0.39 is 0 Å². The van der Waals surface area contributed by atoms with Gasteiger partial charge in [0.05, 0.1) is 18.6 Å². The van der Waals surface area contributed by atoms with Crippen molar-refractivity contribution in [2.75, 3.05) is 19.0 Å². The van der Waals surface area contributed by atoms with Gasteiger partial charge in [0.1, 0.15) is 6.61 Å². The van der Waals surface area contributed by atoms with Crippen LogP contribution < -0.4 is 14.9 Å². The van der Waals surface area contributed by atoms with Crippen LogP contribution in [0.15, 0.2) is 54.2 Å². The van der Waals surface area contributed by atoms with Gasteiger partial charge in [0.25, 0.3) is 0 Å². The zero-order valence-electron chi connectivity index (χ0n) is 17.2. The summed E-state index contributed by atoms with van der Waals surface area (Å²) in [6.45, 7) is 10.6. The molecule has 2 aromatic rings. The van der Waals surface area contributed by atoms with Crippen LogP contribution in [0.4, 0.5) is 0 Å². The summed E-state index contributed by atoms with van der Waals surface area (Å²) in [5.41, 5.74) is 7.08. The molecule has 2 aromatic carbocycles. The standard InChI is InChI=1S/C23H28N2O3S/c1-5-9-28-21-8-7-19(13-22(21)27-6-2)14-24-25-23(26)16-29-15-20-11-17(3)10-18(4)12-20/h5,7-8,10-14H,1,6,9,15-16H2,2-4H3,(H,25,26)/b24-14+. The maximum absolute atomic E-state index is 12.0. The molecule has 5 nitrogen and oxygen atoms in total. The van der Waals surface area contributed by atoms with Gasteiger partial charge in [-0.05, 0) is 50.1 Å². The Balaban J connectivity index is 1.84. The molecule has 0 saturated carbocycles. The van der Waals surface area contributed by atoms with Crippen LogP contribution >= 0.6 is 11.8 Å². The molecule has 0 spiro atoms. The average Bonchev–Trinajstić information content (AvgIpc) is 2.67. The number of aryl methyl sites for hydroxylation is 2. The average molecular weight is 413 g/mol. The summed E-state index contributed by atoms with van der Waals surface area (Å²) >= 11 is 1.57. The summed E-state index contributed by atoms with van der Waals surface area (Å²) in [6, 6.07) is 11.9. The molecule has 0 aromatic heterocycles. The maximum atomic E-state index is 12.0. The van der Waals surface area contributed by atoms with Gasteiger partial charge in [-0.15, -0.1) is 11.8 Å². The highest BCUT2D eigenvalue weighted by molar-refractivity contribution is 7.99. The fourth-order valence-corrected chi connectivity index (χ4v) is 3.52. The number of benzene rings is 2. The second kappa shape index (κ2) is 12.0. The van der Waals surface area contributed by atoms with E-state index in [1.807, 2.05) is 25.1 Å². The highest BCUT2D eigenvalue weighted by Crippen LogP contribution is 2.28. The van der Waals surface area contributed by atoms with Gasteiger partial charge in [-0.1, -0.05) is 42.0 Å². The number of thioether (sulfide) groups is 1. The van der Waals surface area contributed by atoms with Gasteiger partial charge in [0, 0.05) is 5.75 Å². The molecule has 0 aliphatic carbocycles. The topological polar surface area (TPSA) is 59.9 Å². The van der Waals surface area contributed by atoms with Crippen molar-refractivity contribution in [3.63, 3.8) is 0 Å². The van der Waals surface area contributed by atoms with E-state index in [1.54, 1.807) is 24.1 Å². The zero-order valence-corrected chi connectivity index (χ0v) is 18.1. The van der Waals surface area contributed by atoms with Crippen LogP contribution in [0.1, 0.15) is 29.2 Å². The number of rotatable bonds is 11. The monoisotopic (exact) mass is 412 g/mol. The number of nitrogens with zero attached hydrogens (tertiary/aromatic N) is 1. The van der Waals surface area contributed by atoms with Gasteiger partial charge in [-0.3, -0.25) is 4.79 Å². The molecule has 0 atom stereocenters. The largest absolute Gasteiger partial charge is 0.490 e. The van der Waals surface area contributed by atoms with Crippen LogP contribution in [0.3, 0.4) is 0 Å². The van der Waals surface area contributed by atoms with Gasteiger partial charge in [-0.25, -0.2) is 5.43 Å². The molecule has 0 bridgehead atoms. The minimum absolute atomic E-state index is 0.133. The normalized spacial score (nSPS) is 10.7. The van der Waals surface area contributed by atoms with Crippen molar-refractivity contribution in [1.29, 1.82) is 0 Å². The molecule has 1 N–H and O–H groups in total. The predicted molar refractivity (Wildman–Crippen MR) is 121 cm³/mol. The van der Waals surface area contributed by atoms with Gasteiger partial charge >= 0.3 is 0 Å². The third-order valence-corrected chi connectivity index (χ3v) is 4.81. The Labute approximate surface area is 177 Å². The third kappa shape index (κ3) is 8.03. The van der Waals surface area contributed by atoms with Crippen molar-refractivity contribution >= 4 is 23.9 Å². The summed E-state index contributed by atoms with van der Waals surface area (Å²) in [7, 11) is 0. The number of hydrogen-bond donors (Lipinski definition) is 1. The van der Waals surface area contributed by atoms with Crippen molar-refractivity contribution in [3.8, 4) is 11.5 Å². The van der Waals surface area contributed by atoms with Crippen LogP contribution in [0.25, 0.3) is 0 Å². The van der Waals surface area contributed by atoms with Crippen molar-refractivity contribution < 1.29 is 14.3 Å². The lowest BCUT2D eigenvalue weighted by atomic mass is 10.1. The van der Waals surface area contributed by atoms with E-state index >= 15 is 0 Å². The Morgan fingerprint density at radius 1 is 1.14 bits per heavy atom. The second-order valence-corrected chi connectivity index (χ2v) is 7.51. The number of nitrogens with one attached hydrogen (secondary N) is 1. The van der Waals surface area contributed by atoms with Gasteiger partial charge < -0.3 is 9.47 Å². The summed E-state index contributed by atoms with van der Waals surface area (Å²) in [4.78, 5) is 12.0. The lowest BCUT2D eigenvalue weighted by Crippen LogP contribution is -2.19. The fraction of sp³-hybridized carbons (Fsp3) is 0.304. The molecular formula is C23H28N2O3S. The Hall–Kier alpha value is -2.73. The van der Waals surface area contributed by atoms with Gasteiger partial charge in [0.2, 0.25) is 5.91 Å². The first-order valence-electron chi connectivity index (χ1n) is 9.49. The lowest BCUT2D eigenvalue weighted by molar-refractivity contribution is -0.118. The molecule has 2 rings (SSSR count). The van der Waals surface area contributed by atoms with E-state index in [1.165, 1.54) is 16.7 Å². The van der Waals surface area contributed by atoms with Crippen LogP contribution in [-0.4, -0.2) is 31.1 Å². The SMILES string of the molecule is C=CCOc1ccc(/C=N/NC(=O)CSCc2cc(C)cc(C)c2)cc1OCC. The smallest absolute Gasteiger partial charge is 0.250 e. The number of ether oxygens (including phenoxy) is 2. The molecule has 0 aliphatic rings. The van der Waals surface area contributed by atoms with Gasteiger partial charge in [-0.2, -0.15) is 5.10 Å². The molecule has 154 valence electrons. The van der Waals surface area contributed by atoms with E-state index in [0.717, 1.165) is 11.3 Å². The highest BCUT2D eigenvalue weighted by atomic mass is 32.2. The number of carbonyl (C=O) groups is 1. The molecule has 0 unspecified atom stereocenters. The van der Waals surface area contributed by atoms with Crippen molar-refractivity contribution in [2.45, 2.75) is 26.5 Å². The van der Waals surface area contributed by atoms with Crippen molar-refractivity contribution in [1.82, 2.24) is 5.43 Å². The fourth-order valence-electron chi connectivity index (χ4n) is 2.77. The van der Waals surface area contributed by atoms with E-state index in [-0.39, 0.29) is 5.91 Å². The molecule has 0 heterocycles. The minimum Gasteiger partial charge on any atom is -0.490 e. The number of carbonyl (C=O) groups excluding carboxylic acids is 1. The molecule has 29 heavy (non-hydrogen) atoms. The van der Waals surface area contributed by atoms with Gasteiger partial charge in [0.15, 0.2) is 11.5 Å². The van der Waals surface area contributed by atoms with Crippen molar-refractivity contribution in [3.05, 3.63) is 71.3 Å². The predicted octanol–water partition coefficient (Wildman–Crippen LogP) is 4.65. The molecule has 6 heteroatoms.